The molecule has 1 aromatic rings. The van der Waals surface area contributed by atoms with E-state index >= 15 is 0 Å². The minimum atomic E-state index is 0.0390. The molecular formula is C14H21BrN2O. The maximum Gasteiger partial charge on any atom is 0.225 e. The van der Waals surface area contributed by atoms with Crippen LogP contribution in [0.2, 0.25) is 0 Å². The zero-order valence-corrected chi connectivity index (χ0v) is 13.0. The zero-order valence-electron chi connectivity index (χ0n) is 11.4. The van der Waals surface area contributed by atoms with Gasteiger partial charge in [-0.05, 0) is 51.5 Å². The molecule has 0 unspecified atom stereocenters. The summed E-state index contributed by atoms with van der Waals surface area (Å²) in [7, 11) is 0. The molecule has 0 heterocycles. The summed E-state index contributed by atoms with van der Waals surface area (Å²) < 4.78 is 1.02. The van der Waals surface area contributed by atoms with Crippen molar-refractivity contribution in [2.24, 2.45) is 0 Å². The van der Waals surface area contributed by atoms with Crippen molar-refractivity contribution in [2.45, 2.75) is 39.7 Å². The number of hydrogen-bond acceptors (Lipinski definition) is 2. The van der Waals surface area contributed by atoms with Gasteiger partial charge in [-0.2, -0.15) is 0 Å². The molecule has 0 aliphatic carbocycles. The Labute approximate surface area is 117 Å². The van der Waals surface area contributed by atoms with Gasteiger partial charge in [0.15, 0.2) is 0 Å². The van der Waals surface area contributed by atoms with Crippen LogP contribution in [0.3, 0.4) is 0 Å². The topological polar surface area (TPSA) is 41.1 Å². The average molecular weight is 313 g/mol. The van der Waals surface area contributed by atoms with Gasteiger partial charge in [0.1, 0.15) is 0 Å². The molecule has 0 aliphatic heterocycles. The Balaban J connectivity index is 2.45. The van der Waals surface area contributed by atoms with E-state index in [1.807, 2.05) is 25.1 Å². The average Bonchev–Trinajstić information content (AvgIpc) is 2.20. The molecule has 0 radical (unpaired) electrons. The Morgan fingerprint density at radius 1 is 1.33 bits per heavy atom. The summed E-state index contributed by atoms with van der Waals surface area (Å²) >= 11 is 3.40. The number of rotatable bonds is 4. The van der Waals surface area contributed by atoms with E-state index < -0.39 is 0 Å². The first-order chi connectivity index (χ1) is 8.28. The second-order valence-electron chi connectivity index (χ2n) is 5.43. The molecule has 0 atom stereocenters. The molecule has 0 saturated heterocycles. The van der Waals surface area contributed by atoms with Gasteiger partial charge in [0.25, 0.3) is 0 Å². The molecule has 3 nitrogen and oxygen atoms in total. The smallest absolute Gasteiger partial charge is 0.225 e. The molecule has 0 aliphatic rings. The fourth-order valence-corrected chi connectivity index (χ4v) is 2.01. The van der Waals surface area contributed by atoms with E-state index in [1.165, 1.54) is 0 Å². The number of hydrogen-bond donors (Lipinski definition) is 2. The second-order valence-corrected chi connectivity index (χ2v) is 6.35. The van der Waals surface area contributed by atoms with Crippen molar-refractivity contribution in [2.75, 3.05) is 11.9 Å². The highest BCUT2D eigenvalue weighted by Crippen LogP contribution is 2.20. The van der Waals surface area contributed by atoms with E-state index in [9.17, 15) is 4.79 Å². The lowest BCUT2D eigenvalue weighted by Crippen LogP contribution is -2.37. The highest BCUT2D eigenvalue weighted by molar-refractivity contribution is 9.10. The van der Waals surface area contributed by atoms with Crippen molar-refractivity contribution >= 4 is 27.5 Å². The van der Waals surface area contributed by atoms with Gasteiger partial charge in [-0.3, -0.25) is 4.79 Å². The molecular weight excluding hydrogens is 292 g/mol. The van der Waals surface area contributed by atoms with E-state index in [-0.39, 0.29) is 11.4 Å². The Hall–Kier alpha value is -0.870. The van der Waals surface area contributed by atoms with Crippen molar-refractivity contribution in [1.29, 1.82) is 0 Å². The van der Waals surface area contributed by atoms with Crippen LogP contribution in [0, 0.1) is 6.92 Å². The van der Waals surface area contributed by atoms with Crippen LogP contribution in [-0.2, 0) is 4.79 Å². The molecule has 0 spiro atoms. The summed E-state index contributed by atoms with van der Waals surface area (Å²) in [6, 6.07) is 5.83. The summed E-state index contributed by atoms with van der Waals surface area (Å²) in [6.45, 7) is 8.93. The van der Waals surface area contributed by atoms with E-state index in [1.54, 1.807) is 0 Å². The summed E-state index contributed by atoms with van der Waals surface area (Å²) in [5, 5.41) is 6.22. The first kappa shape index (κ1) is 15.2. The zero-order chi connectivity index (χ0) is 13.8. The number of halogens is 1. The summed E-state index contributed by atoms with van der Waals surface area (Å²) in [5.74, 6) is 0.0390. The predicted molar refractivity (Wildman–Crippen MR) is 79.9 cm³/mol. The summed E-state index contributed by atoms with van der Waals surface area (Å²) in [6.07, 6.45) is 0.479. The number of benzene rings is 1. The molecule has 4 heteroatoms. The lowest BCUT2D eigenvalue weighted by atomic mass is 10.1. The maximum atomic E-state index is 11.8. The molecule has 1 amide bonds. The van der Waals surface area contributed by atoms with Crippen LogP contribution in [0.25, 0.3) is 0 Å². The molecule has 1 rings (SSSR count). The van der Waals surface area contributed by atoms with Crippen LogP contribution in [0.15, 0.2) is 22.7 Å². The highest BCUT2D eigenvalue weighted by Gasteiger charge is 2.10. The summed E-state index contributed by atoms with van der Waals surface area (Å²) in [4.78, 5) is 11.8. The molecule has 18 heavy (non-hydrogen) atoms. The van der Waals surface area contributed by atoms with Crippen molar-refractivity contribution in [3.63, 3.8) is 0 Å². The number of carbonyl (C=O) groups is 1. The number of aryl methyl sites for hydroxylation is 1. The molecule has 100 valence electrons. The lowest BCUT2D eigenvalue weighted by molar-refractivity contribution is -0.116. The number of nitrogens with one attached hydrogen (secondary N) is 2. The molecule has 0 fully saturated rings. The number of amides is 1. The van der Waals surface area contributed by atoms with Crippen LogP contribution in [0.4, 0.5) is 5.69 Å². The van der Waals surface area contributed by atoms with Crippen molar-refractivity contribution in [3.05, 3.63) is 28.2 Å². The Morgan fingerprint density at radius 3 is 2.56 bits per heavy atom. The molecule has 0 aromatic heterocycles. The predicted octanol–water partition coefficient (Wildman–Crippen LogP) is 3.47. The first-order valence-corrected chi connectivity index (χ1v) is 6.88. The molecule has 1 aromatic carbocycles. The first-order valence-electron chi connectivity index (χ1n) is 6.09. The normalized spacial score (nSPS) is 11.4. The van der Waals surface area contributed by atoms with Gasteiger partial charge in [-0.25, -0.2) is 0 Å². The lowest BCUT2D eigenvalue weighted by Gasteiger charge is -2.20. The maximum absolute atomic E-state index is 11.8. The van der Waals surface area contributed by atoms with Gasteiger partial charge in [0.05, 0.1) is 0 Å². The number of anilines is 1. The minimum absolute atomic E-state index is 0.0390. The minimum Gasteiger partial charge on any atom is -0.326 e. The van der Waals surface area contributed by atoms with Gasteiger partial charge in [-0.1, -0.05) is 15.9 Å². The van der Waals surface area contributed by atoms with Gasteiger partial charge >= 0.3 is 0 Å². The Kier molecular flexibility index (Phi) is 5.35. The van der Waals surface area contributed by atoms with E-state index in [0.717, 1.165) is 15.7 Å². The van der Waals surface area contributed by atoms with Crippen molar-refractivity contribution in [3.8, 4) is 0 Å². The van der Waals surface area contributed by atoms with Crippen molar-refractivity contribution in [1.82, 2.24) is 5.32 Å². The van der Waals surface area contributed by atoms with Crippen molar-refractivity contribution < 1.29 is 4.79 Å². The Morgan fingerprint density at radius 2 is 2.00 bits per heavy atom. The van der Waals surface area contributed by atoms with E-state index in [4.69, 9.17) is 0 Å². The molecule has 2 N–H and O–H groups in total. The third-order valence-electron chi connectivity index (χ3n) is 2.47. The van der Waals surface area contributed by atoms with Gasteiger partial charge < -0.3 is 10.6 Å². The SMILES string of the molecule is Cc1cc(Br)ccc1NC(=O)CCNC(C)(C)C. The quantitative estimate of drug-likeness (QED) is 0.893. The van der Waals surface area contributed by atoms with Crippen LogP contribution < -0.4 is 10.6 Å². The number of carbonyl (C=O) groups excluding carboxylic acids is 1. The van der Waals surface area contributed by atoms with Crippen LogP contribution in [-0.4, -0.2) is 18.0 Å². The van der Waals surface area contributed by atoms with Crippen LogP contribution in [0.1, 0.15) is 32.8 Å². The highest BCUT2D eigenvalue weighted by atomic mass is 79.9. The van der Waals surface area contributed by atoms with Gasteiger partial charge in [0, 0.05) is 28.7 Å². The Bertz CT molecular complexity index is 424. The fraction of sp³-hybridized carbons (Fsp3) is 0.500. The van der Waals surface area contributed by atoms with Crippen LogP contribution >= 0.6 is 15.9 Å². The van der Waals surface area contributed by atoms with Crippen LogP contribution in [0.5, 0.6) is 0 Å². The molecule has 0 bridgehead atoms. The van der Waals surface area contributed by atoms with E-state index in [0.29, 0.717) is 13.0 Å². The molecule has 0 saturated carbocycles. The van der Waals surface area contributed by atoms with Gasteiger partial charge in [0.2, 0.25) is 5.91 Å². The largest absolute Gasteiger partial charge is 0.326 e. The fourth-order valence-electron chi connectivity index (χ4n) is 1.53. The van der Waals surface area contributed by atoms with Gasteiger partial charge in [-0.15, -0.1) is 0 Å². The summed E-state index contributed by atoms with van der Waals surface area (Å²) in [5.41, 5.74) is 1.98. The third kappa shape index (κ3) is 5.65. The monoisotopic (exact) mass is 312 g/mol. The van der Waals surface area contributed by atoms with E-state index in [2.05, 4.69) is 47.3 Å². The standard InChI is InChI=1S/C14H21BrN2O/c1-10-9-11(15)5-6-12(10)17-13(18)7-8-16-14(2,3)4/h5-6,9,16H,7-8H2,1-4H3,(H,17,18). The third-order valence-corrected chi connectivity index (χ3v) is 2.96. The second kappa shape index (κ2) is 6.34.